The summed E-state index contributed by atoms with van der Waals surface area (Å²) >= 11 is 5.94. The van der Waals surface area contributed by atoms with Crippen molar-refractivity contribution in [3.8, 4) is 11.6 Å². The zero-order valence-electron chi connectivity index (χ0n) is 7.44. The molecule has 1 atom stereocenters. The lowest BCUT2D eigenvalue weighted by Gasteiger charge is -1.95. The number of nitrogens with zero attached hydrogens (tertiary/aromatic N) is 4. The van der Waals surface area contributed by atoms with Gasteiger partial charge < -0.3 is 4.52 Å². The second kappa shape index (κ2) is 3.75. The Hall–Kier alpha value is -1.43. The molecule has 7 heteroatoms. The van der Waals surface area contributed by atoms with E-state index in [1.54, 1.807) is 0 Å². The van der Waals surface area contributed by atoms with E-state index in [-0.39, 0.29) is 5.38 Å². The fourth-order valence-corrected chi connectivity index (χ4v) is 1.04. The normalized spacial score (nSPS) is 13.0. The predicted octanol–water partition coefficient (Wildman–Crippen LogP) is 1.54. The van der Waals surface area contributed by atoms with Gasteiger partial charge in [0.2, 0.25) is 0 Å². The molecule has 2 heterocycles. The lowest BCUT2D eigenvalue weighted by Crippen LogP contribution is -1.90. The van der Waals surface area contributed by atoms with E-state index < -0.39 is 0 Å². The van der Waals surface area contributed by atoms with Gasteiger partial charge in [0, 0.05) is 0 Å². The van der Waals surface area contributed by atoms with Crippen molar-refractivity contribution in [1.29, 1.82) is 0 Å². The predicted molar refractivity (Wildman–Crippen MR) is 48.6 cm³/mol. The van der Waals surface area contributed by atoms with E-state index in [1.807, 2.05) is 6.92 Å². The van der Waals surface area contributed by atoms with E-state index in [2.05, 4.69) is 25.6 Å². The molecule has 0 aromatic carbocycles. The van der Waals surface area contributed by atoms with Crippen LogP contribution in [0.25, 0.3) is 11.6 Å². The van der Waals surface area contributed by atoms with Crippen LogP contribution in [0.15, 0.2) is 10.7 Å². The van der Waals surface area contributed by atoms with Gasteiger partial charge in [0.1, 0.15) is 0 Å². The Balaban J connectivity index is 2.26. The molecule has 2 aromatic heterocycles. The first-order valence-corrected chi connectivity index (χ1v) is 4.58. The van der Waals surface area contributed by atoms with Crippen molar-refractivity contribution in [2.24, 2.45) is 0 Å². The number of alkyl halides is 1. The van der Waals surface area contributed by atoms with Crippen LogP contribution in [0.1, 0.15) is 24.5 Å². The van der Waals surface area contributed by atoms with Crippen LogP contribution in [0.3, 0.4) is 0 Å². The molecule has 0 fully saturated rings. The molecular weight excluding hydrogens is 206 g/mol. The molecule has 0 saturated carbocycles. The third-order valence-electron chi connectivity index (χ3n) is 1.71. The van der Waals surface area contributed by atoms with E-state index in [0.29, 0.717) is 17.4 Å². The molecule has 1 N–H and O–H groups in total. The molecule has 2 aromatic rings. The average molecular weight is 214 g/mol. The van der Waals surface area contributed by atoms with E-state index in [4.69, 9.17) is 16.1 Å². The molecule has 0 aliphatic carbocycles. The zero-order chi connectivity index (χ0) is 9.97. The molecule has 14 heavy (non-hydrogen) atoms. The minimum Gasteiger partial charge on any atom is -0.332 e. The van der Waals surface area contributed by atoms with Crippen molar-refractivity contribution in [1.82, 2.24) is 25.6 Å². The van der Waals surface area contributed by atoms with Gasteiger partial charge in [-0.3, -0.25) is 0 Å². The van der Waals surface area contributed by atoms with Gasteiger partial charge in [-0.25, -0.2) is 0 Å². The third kappa shape index (κ3) is 1.60. The number of H-pyrrole nitrogens is 1. The van der Waals surface area contributed by atoms with Gasteiger partial charge >= 0.3 is 0 Å². The van der Waals surface area contributed by atoms with E-state index in [0.717, 1.165) is 6.42 Å². The van der Waals surface area contributed by atoms with Crippen LogP contribution in [0.5, 0.6) is 0 Å². The van der Waals surface area contributed by atoms with Gasteiger partial charge in [-0.15, -0.1) is 11.6 Å². The minimum absolute atomic E-state index is 0.223. The number of halogens is 1. The number of aromatic nitrogens is 5. The highest BCUT2D eigenvalue weighted by Gasteiger charge is 2.15. The molecule has 0 saturated heterocycles. The maximum Gasteiger partial charge on any atom is 0.280 e. The summed E-state index contributed by atoms with van der Waals surface area (Å²) in [6.45, 7) is 1.95. The fraction of sp³-hybridized carbons (Fsp3) is 0.429. The summed E-state index contributed by atoms with van der Waals surface area (Å²) in [5.74, 6) is 0.806. The largest absolute Gasteiger partial charge is 0.332 e. The molecule has 0 spiro atoms. The molecule has 0 aliphatic rings. The summed E-state index contributed by atoms with van der Waals surface area (Å²) < 4.78 is 4.96. The minimum atomic E-state index is -0.223. The number of aromatic amines is 1. The van der Waals surface area contributed by atoms with Crippen molar-refractivity contribution in [2.45, 2.75) is 18.7 Å². The van der Waals surface area contributed by atoms with Crippen LogP contribution >= 0.6 is 11.6 Å². The van der Waals surface area contributed by atoms with Crippen LogP contribution < -0.4 is 0 Å². The Morgan fingerprint density at radius 2 is 2.50 bits per heavy atom. The zero-order valence-corrected chi connectivity index (χ0v) is 8.19. The van der Waals surface area contributed by atoms with Crippen LogP contribution in [-0.2, 0) is 0 Å². The SMILES string of the molecule is CCC(Cl)c1noc(-c2cn[nH]n2)n1. The van der Waals surface area contributed by atoms with Gasteiger partial charge in [-0.2, -0.15) is 20.4 Å². The fourth-order valence-electron chi connectivity index (χ4n) is 0.953. The van der Waals surface area contributed by atoms with Gasteiger partial charge in [0.15, 0.2) is 11.5 Å². The van der Waals surface area contributed by atoms with Crippen molar-refractivity contribution >= 4 is 11.6 Å². The Bertz CT molecular complexity index is 398. The highest BCUT2D eigenvalue weighted by molar-refractivity contribution is 6.20. The molecule has 74 valence electrons. The van der Waals surface area contributed by atoms with Crippen LogP contribution in [0.2, 0.25) is 0 Å². The van der Waals surface area contributed by atoms with Crippen molar-refractivity contribution in [3.63, 3.8) is 0 Å². The summed E-state index contributed by atoms with van der Waals surface area (Å²) in [6.07, 6.45) is 2.26. The first kappa shape index (κ1) is 9.14. The maximum absolute atomic E-state index is 5.94. The molecule has 0 radical (unpaired) electrons. The van der Waals surface area contributed by atoms with Crippen LogP contribution in [-0.4, -0.2) is 25.6 Å². The number of nitrogens with one attached hydrogen (secondary N) is 1. The van der Waals surface area contributed by atoms with Gasteiger partial charge in [-0.05, 0) is 6.42 Å². The average Bonchev–Trinajstić information content (AvgIpc) is 2.86. The summed E-state index contributed by atoms with van der Waals surface area (Å²) in [4.78, 5) is 4.09. The van der Waals surface area contributed by atoms with E-state index in [9.17, 15) is 0 Å². The number of hydrogen-bond acceptors (Lipinski definition) is 5. The first-order valence-electron chi connectivity index (χ1n) is 4.15. The van der Waals surface area contributed by atoms with Gasteiger partial charge in [0.25, 0.3) is 5.89 Å². The lowest BCUT2D eigenvalue weighted by atomic mass is 10.3. The highest BCUT2D eigenvalue weighted by atomic mass is 35.5. The Kier molecular flexibility index (Phi) is 2.45. The Morgan fingerprint density at radius 1 is 1.64 bits per heavy atom. The quantitative estimate of drug-likeness (QED) is 0.783. The molecular formula is C7H8ClN5O. The smallest absolute Gasteiger partial charge is 0.280 e. The summed E-state index contributed by atoms with van der Waals surface area (Å²) in [5, 5.41) is 13.4. The van der Waals surface area contributed by atoms with Crippen LogP contribution in [0.4, 0.5) is 0 Å². The number of hydrogen-bond donors (Lipinski definition) is 1. The third-order valence-corrected chi connectivity index (χ3v) is 2.22. The lowest BCUT2D eigenvalue weighted by molar-refractivity contribution is 0.420. The van der Waals surface area contributed by atoms with Crippen molar-refractivity contribution < 1.29 is 4.52 Å². The summed E-state index contributed by atoms with van der Waals surface area (Å²) in [6, 6.07) is 0. The van der Waals surface area contributed by atoms with Gasteiger partial charge in [0.05, 0.1) is 11.6 Å². The van der Waals surface area contributed by atoms with Crippen molar-refractivity contribution in [2.75, 3.05) is 0 Å². The van der Waals surface area contributed by atoms with E-state index in [1.165, 1.54) is 6.20 Å². The Morgan fingerprint density at radius 3 is 3.14 bits per heavy atom. The second-order valence-corrected chi connectivity index (χ2v) is 3.22. The monoisotopic (exact) mass is 213 g/mol. The summed E-state index contributed by atoms with van der Waals surface area (Å²) in [7, 11) is 0. The topological polar surface area (TPSA) is 80.5 Å². The second-order valence-electron chi connectivity index (χ2n) is 2.69. The molecule has 0 amide bonds. The molecule has 1 unspecified atom stereocenters. The molecule has 6 nitrogen and oxygen atoms in total. The first-order chi connectivity index (χ1) is 6.81. The Labute approximate surface area is 84.7 Å². The van der Waals surface area contributed by atoms with Crippen molar-refractivity contribution in [3.05, 3.63) is 12.0 Å². The summed E-state index contributed by atoms with van der Waals surface area (Å²) in [5.41, 5.74) is 0.517. The molecule has 2 rings (SSSR count). The maximum atomic E-state index is 5.94. The highest BCUT2D eigenvalue weighted by Crippen LogP contribution is 2.22. The van der Waals surface area contributed by atoms with E-state index >= 15 is 0 Å². The molecule has 0 bridgehead atoms. The number of rotatable bonds is 3. The van der Waals surface area contributed by atoms with Crippen LogP contribution in [0, 0.1) is 0 Å². The molecule has 0 aliphatic heterocycles. The standard InChI is InChI=1S/C7H8ClN5O/c1-2-4(8)6-10-7(14-12-6)5-3-9-13-11-5/h3-4H,2H2,1H3,(H,9,11,13). The van der Waals surface area contributed by atoms with Gasteiger partial charge in [-0.1, -0.05) is 12.1 Å².